The van der Waals surface area contributed by atoms with Gasteiger partial charge in [-0.05, 0) is 117 Å². The number of amides is 3. The molecule has 1 saturated carbocycles. The molecule has 0 aromatic carbocycles. The number of aliphatic hydroxyl groups excluding tert-OH is 2. The lowest BCUT2D eigenvalue weighted by Crippen LogP contribution is -2.46. The van der Waals surface area contributed by atoms with Crippen LogP contribution in [0.4, 0.5) is 5.82 Å². The lowest BCUT2D eigenvalue weighted by molar-refractivity contribution is -0.347. The van der Waals surface area contributed by atoms with Crippen LogP contribution in [-0.4, -0.2) is 163 Å². The summed E-state index contributed by atoms with van der Waals surface area (Å²) in [4.78, 5) is 152. The number of guanidine groups is 1. The number of unbranched alkanes of at least 4 members (excludes halogenated alkanes) is 4. The lowest BCUT2D eigenvalue weighted by atomic mass is 9.87. The van der Waals surface area contributed by atoms with Gasteiger partial charge in [0.2, 0.25) is 17.7 Å². The van der Waals surface area contributed by atoms with Crippen molar-refractivity contribution in [2.45, 2.75) is 260 Å². The summed E-state index contributed by atoms with van der Waals surface area (Å²) in [6.07, 6.45) is 14.1. The highest BCUT2D eigenvalue weighted by Gasteiger charge is 2.47. The number of carbonyl (C=O) groups excluding carboxylic acids is 8. The number of nitrogen functional groups attached to an aromatic ring is 1. The Morgan fingerprint density at radius 3 is 1.93 bits per heavy atom. The first-order valence-electron chi connectivity index (χ1n) is 35.5. The second kappa shape index (κ2) is 56.4. The lowest BCUT2D eigenvalue weighted by Gasteiger charge is -2.36. The maximum absolute atomic E-state index is 12.5. The summed E-state index contributed by atoms with van der Waals surface area (Å²) in [6.45, 7) is 20.2. The van der Waals surface area contributed by atoms with Crippen molar-refractivity contribution in [2.75, 3.05) is 50.9 Å². The van der Waals surface area contributed by atoms with Gasteiger partial charge in [0, 0.05) is 82.3 Å². The van der Waals surface area contributed by atoms with Crippen molar-refractivity contribution in [2.24, 2.45) is 39.3 Å². The molecule has 40 heteroatoms. The molecule has 3 fully saturated rings. The van der Waals surface area contributed by atoms with Gasteiger partial charge in [-0.2, -0.15) is 0 Å². The number of aromatic nitrogens is 4. The molecule has 2 aliphatic heterocycles. The number of aliphatic hydroxyl groups is 2. The fourth-order valence-corrected chi connectivity index (χ4v) is 12.4. The zero-order valence-electron chi connectivity index (χ0n) is 63.3. The van der Waals surface area contributed by atoms with Gasteiger partial charge in [0.1, 0.15) is 59.4 Å². The van der Waals surface area contributed by atoms with Gasteiger partial charge in [0.05, 0.1) is 39.2 Å². The second-order valence-electron chi connectivity index (χ2n) is 26.1. The first kappa shape index (κ1) is 102. The normalized spacial score (nSPS) is 18.1. The van der Waals surface area contributed by atoms with Crippen molar-refractivity contribution >= 4 is 110 Å². The molecule has 9 unspecified atom stereocenters. The number of allylic oxidation sites excluding steroid dienone is 1. The monoisotopic (exact) mass is 1580 g/mol. The number of aliphatic imine (C=N–C) groups is 1. The summed E-state index contributed by atoms with van der Waals surface area (Å²) in [6, 6.07) is -0.236. The minimum atomic E-state index is -5.92. The van der Waals surface area contributed by atoms with Gasteiger partial charge in [0.25, 0.3) is 15.6 Å². The first-order chi connectivity index (χ1) is 49.4. The van der Waals surface area contributed by atoms with Crippen LogP contribution in [0.25, 0.3) is 11.2 Å². The molecular weight excluding hydrogens is 1470 g/mol. The molecular formula is C66H119N14O22P3S-4. The number of phosphoric ester groups is 3. The Labute approximate surface area is 627 Å². The number of thioether (sulfide) groups is 1. The van der Waals surface area contributed by atoms with Crippen LogP contribution in [0.1, 0.15) is 230 Å². The number of phosphoric acid groups is 3. The maximum Gasteiger partial charge on any atom is 0.274 e. The highest BCUT2D eigenvalue weighted by atomic mass is 32.2. The Morgan fingerprint density at radius 1 is 0.811 bits per heavy atom. The van der Waals surface area contributed by atoms with Gasteiger partial charge in [-0.15, -0.1) is 0 Å². The molecule has 3 amide bonds. The Bertz CT molecular complexity index is 3160. The topological polar surface area (TPSA) is 613 Å². The average Bonchev–Trinajstić information content (AvgIpc) is 1.62. The molecule has 2 aromatic heterocycles. The van der Waals surface area contributed by atoms with Crippen molar-refractivity contribution in [3.63, 3.8) is 0 Å². The van der Waals surface area contributed by atoms with E-state index in [9.17, 15) is 81.8 Å². The highest BCUT2D eigenvalue weighted by Crippen LogP contribution is 2.56. The van der Waals surface area contributed by atoms with Gasteiger partial charge in [0.15, 0.2) is 28.8 Å². The molecule has 1 aliphatic carbocycles. The quantitative estimate of drug-likeness (QED) is 0.0146. The number of hydrogen-bond acceptors (Lipinski definition) is 30. The summed E-state index contributed by atoms with van der Waals surface area (Å²) in [5, 5.41) is 36.0. The number of nitrogens with two attached hydrogens (primary N) is 5. The van der Waals surface area contributed by atoms with Crippen LogP contribution in [0.5, 0.6) is 0 Å². The fraction of sp³-hybridized carbons (Fsp3) is 0.742. The van der Waals surface area contributed by atoms with E-state index in [0.717, 1.165) is 113 Å². The predicted molar refractivity (Wildman–Crippen MR) is 396 cm³/mol. The molecule has 0 spiro atoms. The van der Waals surface area contributed by atoms with Gasteiger partial charge >= 0.3 is 0 Å². The number of imidazole rings is 1. The van der Waals surface area contributed by atoms with Gasteiger partial charge in [-0.25, -0.2) is 19.3 Å². The summed E-state index contributed by atoms with van der Waals surface area (Å²) < 4.78 is 60.4. The van der Waals surface area contributed by atoms with Crippen LogP contribution >= 0.6 is 35.2 Å². The molecule has 3 aliphatic rings. The Hall–Kier alpha value is -5.85. The van der Waals surface area contributed by atoms with E-state index >= 15 is 0 Å². The van der Waals surface area contributed by atoms with Gasteiger partial charge in [-0.3, -0.25) is 48.1 Å². The number of nitrogens with zero attached hydrogens (tertiary/aromatic N) is 5. The Kier molecular flexibility index (Phi) is 54.4. The summed E-state index contributed by atoms with van der Waals surface area (Å²) in [5.74, 6) is 0.792. The molecule has 0 bridgehead atoms. The molecule has 610 valence electrons. The van der Waals surface area contributed by atoms with Crippen molar-refractivity contribution < 1.29 is 104 Å². The number of Topliss-reactive ketones (excluding diaryl/α,β-unsaturated/α-hetero) is 4. The number of anilines is 1. The van der Waals surface area contributed by atoms with E-state index in [4.69, 9.17) is 38.8 Å². The predicted octanol–water partition coefficient (Wildman–Crippen LogP) is 4.32. The molecule has 9 atom stereocenters. The number of rotatable bonds is 39. The molecule has 4 heterocycles. The van der Waals surface area contributed by atoms with Crippen LogP contribution in [-0.2, 0) is 74.7 Å². The number of ketones is 4. The number of carbonyl (C=O) groups is 8. The number of nitrogens with one attached hydrogen (secondary N) is 4. The van der Waals surface area contributed by atoms with E-state index in [0.29, 0.717) is 61.9 Å². The Balaban J connectivity index is 0. The molecule has 5 rings (SSSR count). The summed E-state index contributed by atoms with van der Waals surface area (Å²) in [5.41, 5.74) is 26.3. The highest BCUT2D eigenvalue weighted by molar-refractivity contribution is 8.13. The molecule has 106 heavy (non-hydrogen) atoms. The van der Waals surface area contributed by atoms with Crippen LogP contribution in [0.15, 0.2) is 29.8 Å². The second-order valence-corrected chi connectivity index (χ2v) is 31.3. The number of ether oxygens (including phenoxy) is 1. The smallest absolute Gasteiger partial charge is 0.274 e. The van der Waals surface area contributed by atoms with Gasteiger partial charge in [-0.1, -0.05) is 91.1 Å². The summed E-state index contributed by atoms with van der Waals surface area (Å²) >= 11 is 1.03. The number of hydrogen-bond donors (Lipinski definition) is 11. The first-order valence-corrected chi connectivity index (χ1v) is 40.8. The number of fused-ring (bicyclic) bond motifs is 1. The Morgan fingerprint density at radius 2 is 1.41 bits per heavy atom. The molecule has 36 nitrogen and oxygen atoms in total. The van der Waals surface area contributed by atoms with Crippen LogP contribution in [0.2, 0.25) is 0 Å². The minimum Gasteiger partial charge on any atom is -0.790 e. The molecule has 0 radical (unpaired) electrons. The molecule has 2 saturated heterocycles. The van der Waals surface area contributed by atoms with E-state index in [2.05, 4.69) is 81.1 Å². The van der Waals surface area contributed by atoms with Crippen molar-refractivity contribution in [3.8, 4) is 0 Å². The minimum absolute atomic E-state index is 0.0257. The molecule has 2 aromatic rings. The maximum atomic E-state index is 12.5. The van der Waals surface area contributed by atoms with E-state index in [1.165, 1.54) is 64.9 Å². The number of amidine groups is 1. The van der Waals surface area contributed by atoms with Crippen molar-refractivity contribution in [3.05, 3.63) is 24.8 Å². The van der Waals surface area contributed by atoms with Crippen LogP contribution in [0.3, 0.4) is 0 Å². The third-order valence-corrected chi connectivity index (χ3v) is 19.5. The standard InChI is InChI=1S/C27H46N9O17P3S.C8H17N3O.C8H16O.C6H11NO.C6H12O.C6H10.C5H11NO/c1-27(2,22(40)25(41)32-8-7-17(37)31-9-10-57-18(38)6-4-3-5-16(28)29)12-50-56(47,48)53-55(45,46)49-11-15-21(52-54(42,43)44)20(39)26(51-15)36-14-35-19-23(30)33-13-34-24(19)36;1-7(12)5-3-2-4-6-11-8(9)10;1-4-7(2)5-6-8(3)9;8-6-4-2-1-3-5-7-6;1-3-4-5-6(2)7;1-6-4-2-3-5-6;1-3-5(6)4(2)7/h13-15,20-22,26,39-40H,3-12H2,1-2H3,(H3,28,29)(H,31,37)(H,32,41)(H,45,46)(H,47,48)(H2,30,33,34)(H2,42,43,44);2-6H2,1H3,(H4,9,10,11);7H,4-6H2,1-3H3;1-5H2,(H,7,8);3-5H2,1-2H3;1-5H2;5H,3,6H2,1-2H3/p-4. The van der Waals surface area contributed by atoms with E-state index in [1.54, 1.807) is 20.8 Å². The van der Waals surface area contributed by atoms with E-state index < -0.39 is 84.6 Å². The zero-order valence-corrected chi connectivity index (χ0v) is 66.8. The SMILES string of the molecule is C=C1CCCC1.CC(=O)CCCCCN=C(N)N.CC(C)(COP(=O)([O-])OP(=O)([O-])OCC1OC(n2cnc3c(N)ncnc32)C(O)C1OP(=O)([O-])[O-])C(O)C(=O)NCCC(=O)NCCSC(=O)CCCCC(=N)N.CCC(C)CCC(C)=O.CCC(N)C(C)=O.CCCCC(C)=O.O=C1CCCCCN1. The molecule has 16 N–H and O–H groups in total. The summed E-state index contributed by atoms with van der Waals surface area (Å²) in [7, 11) is -17.6. The average molecular weight is 1590 g/mol. The fourth-order valence-electron chi connectivity index (χ4n) is 8.95. The zero-order chi connectivity index (χ0) is 81.2. The van der Waals surface area contributed by atoms with Crippen LogP contribution in [0, 0.1) is 16.7 Å². The van der Waals surface area contributed by atoms with Gasteiger partial charge < -0.3 is 112 Å². The van der Waals surface area contributed by atoms with Crippen molar-refractivity contribution in [1.29, 1.82) is 5.41 Å². The largest absolute Gasteiger partial charge is 0.790 e. The van der Waals surface area contributed by atoms with Crippen LogP contribution < -0.4 is 64.2 Å². The third kappa shape index (κ3) is 52.3. The van der Waals surface area contributed by atoms with E-state index in [1.807, 2.05) is 6.92 Å². The third-order valence-electron chi connectivity index (χ3n) is 15.5. The van der Waals surface area contributed by atoms with E-state index in [-0.39, 0.29) is 76.9 Å². The van der Waals surface area contributed by atoms with Crippen molar-refractivity contribution in [1.82, 2.24) is 35.5 Å².